The summed E-state index contributed by atoms with van der Waals surface area (Å²) in [5.41, 5.74) is 0.264. The zero-order chi connectivity index (χ0) is 17.9. The number of ether oxygens (including phenoxy) is 1. The predicted octanol–water partition coefficient (Wildman–Crippen LogP) is 1.40. The molecule has 7 nitrogen and oxygen atoms in total. The fourth-order valence-electron chi connectivity index (χ4n) is 2.83. The number of benzene rings is 1. The van der Waals surface area contributed by atoms with Crippen molar-refractivity contribution in [2.24, 2.45) is 5.92 Å². The Kier molecular flexibility index (Phi) is 5.66. The zero-order valence-corrected chi connectivity index (χ0v) is 14.2. The van der Waals surface area contributed by atoms with Crippen LogP contribution < -0.4 is 10.1 Å². The Morgan fingerprint density at radius 3 is 2.62 bits per heavy atom. The average Bonchev–Trinajstić information content (AvgIpc) is 2.60. The number of aliphatic carboxylic acids is 1. The molecule has 0 unspecified atom stereocenters. The lowest BCUT2D eigenvalue weighted by Crippen LogP contribution is -2.53. The van der Waals surface area contributed by atoms with E-state index >= 15 is 0 Å². The largest absolute Gasteiger partial charge is 0.495 e. The van der Waals surface area contributed by atoms with E-state index in [9.17, 15) is 19.5 Å². The highest BCUT2D eigenvalue weighted by Crippen LogP contribution is 2.28. The first-order valence-electron chi connectivity index (χ1n) is 7.48. The highest BCUT2D eigenvalue weighted by molar-refractivity contribution is 6.32. The van der Waals surface area contributed by atoms with Crippen LogP contribution in [-0.4, -0.2) is 54.5 Å². The minimum Gasteiger partial charge on any atom is -0.495 e. The van der Waals surface area contributed by atoms with E-state index in [1.54, 1.807) is 0 Å². The topological polar surface area (TPSA) is 95.9 Å². The van der Waals surface area contributed by atoms with Crippen molar-refractivity contribution in [3.05, 3.63) is 28.8 Å². The highest BCUT2D eigenvalue weighted by Gasteiger charge is 2.38. The summed E-state index contributed by atoms with van der Waals surface area (Å²) in [5.74, 6) is -1.85. The van der Waals surface area contributed by atoms with Crippen molar-refractivity contribution < 1.29 is 24.2 Å². The molecule has 0 bridgehead atoms. The second-order valence-electron chi connectivity index (χ2n) is 5.55. The normalized spacial score (nSPS) is 20.4. The van der Waals surface area contributed by atoms with Crippen molar-refractivity contribution in [3.63, 3.8) is 0 Å². The van der Waals surface area contributed by atoms with E-state index in [1.807, 2.05) is 0 Å². The molecule has 1 aliphatic heterocycles. The molecule has 24 heavy (non-hydrogen) atoms. The van der Waals surface area contributed by atoms with Gasteiger partial charge in [-0.25, -0.2) is 4.79 Å². The number of likely N-dealkylation sites (tertiary alicyclic amines) is 1. The third-order valence-corrected chi connectivity index (χ3v) is 4.46. The van der Waals surface area contributed by atoms with E-state index in [0.29, 0.717) is 17.2 Å². The summed E-state index contributed by atoms with van der Waals surface area (Å²) in [6.45, 7) is 0.0560. The molecule has 1 aromatic carbocycles. The Hall–Kier alpha value is -2.28. The van der Waals surface area contributed by atoms with Gasteiger partial charge in [-0.15, -0.1) is 0 Å². The number of nitrogens with zero attached hydrogens (tertiary/aromatic N) is 1. The molecule has 2 atom stereocenters. The van der Waals surface area contributed by atoms with Crippen molar-refractivity contribution in [2.75, 3.05) is 20.7 Å². The Balaban J connectivity index is 2.31. The molecule has 2 amide bonds. The van der Waals surface area contributed by atoms with Crippen LogP contribution in [0.3, 0.4) is 0 Å². The van der Waals surface area contributed by atoms with Crippen LogP contribution in [-0.2, 0) is 9.59 Å². The van der Waals surface area contributed by atoms with Crippen molar-refractivity contribution in [1.29, 1.82) is 0 Å². The van der Waals surface area contributed by atoms with Gasteiger partial charge in [0, 0.05) is 19.2 Å². The van der Waals surface area contributed by atoms with Gasteiger partial charge in [-0.3, -0.25) is 9.59 Å². The SMILES string of the molecule is CNC(=O)[C@H]1CC[C@@H](C(=O)O)N(C(=O)c2ccc(Cl)c(OC)c2)C1. The van der Waals surface area contributed by atoms with Crippen molar-refractivity contribution in [1.82, 2.24) is 10.2 Å². The van der Waals surface area contributed by atoms with Crippen LogP contribution in [0.5, 0.6) is 5.75 Å². The lowest BCUT2D eigenvalue weighted by molar-refractivity contribution is -0.145. The third-order valence-electron chi connectivity index (χ3n) is 4.14. The first-order valence-corrected chi connectivity index (χ1v) is 7.85. The first-order chi connectivity index (χ1) is 11.4. The van der Waals surface area contributed by atoms with Crippen molar-refractivity contribution in [3.8, 4) is 5.75 Å². The average molecular weight is 355 g/mol. The Labute approximate surface area is 144 Å². The van der Waals surface area contributed by atoms with Crippen LogP contribution >= 0.6 is 11.6 Å². The van der Waals surface area contributed by atoms with E-state index in [1.165, 1.54) is 37.3 Å². The number of amides is 2. The van der Waals surface area contributed by atoms with Crippen LogP contribution in [0, 0.1) is 5.92 Å². The predicted molar refractivity (Wildman–Crippen MR) is 87.3 cm³/mol. The maximum atomic E-state index is 12.8. The standard InChI is InChI=1S/C16H19ClN2O5/c1-18-14(20)10-4-6-12(16(22)23)19(8-10)15(21)9-3-5-11(17)13(7-9)24-2/h3,5,7,10,12H,4,6,8H2,1-2H3,(H,18,20)(H,22,23)/t10-,12-/m0/s1. The number of carboxylic acid groups (broad SMARTS) is 1. The minimum atomic E-state index is -1.08. The van der Waals surface area contributed by atoms with Gasteiger partial charge in [-0.1, -0.05) is 11.6 Å². The quantitative estimate of drug-likeness (QED) is 0.852. The van der Waals surface area contributed by atoms with Crippen molar-refractivity contribution in [2.45, 2.75) is 18.9 Å². The van der Waals surface area contributed by atoms with Gasteiger partial charge >= 0.3 is 5.97 Å². The second-order valence-corrected chi connectivity index (χ2v) is 5.96. The molecule has 2 N–H and O–H groups in total. The lowest BCUT2D eigenvalue weighted by Gasteiger charge is -2.36. The number of hydrogen-bond donors (Lipinski definition) is 2. The number of rotatable bonds is 4. The molecular formula is C16H19ClN2O5. The van der Waals surface area contributed by atoms with Crippen molar-refractivity contribution >= 4 is 29.4 Å². The third kappa shape index (κ3) is 3.62. The molecule has 130 valence electrons. The summed E-state index contributed by atoms with van der Waals surface area (Å²) < 4.78 is 5.09. The van der Waals surface area contributed by atoms with E-state index in [-0.39, 0.29) is 24.4 Å². The summed E-state index contributed by atoms with van der Waals surface area (Å²) >= 11 is 5.95. The molecule has 0 aromatic heterocycles. The Morgan fingerprint density at radius 1 is 1.33 bits per heavy atom. The molecule has 0 spiro atoms. The van der Waals surface area contributed by atoms with Gasteiger partial charge in [0.15, 0.2) is 0 Å². The maximum Gasteiger partial charge on any atom is 0.326 e. The molecule has 0 saturated carbocycles. The van der Waals surface area contributed by atoms with Crippen LogP contribution in [0.2, 0.25) is 5.02 Å². The number of piperidine rings is 1. The van der Waals surface area contributed by atoms with E-state index < -0.39 is 23.8 Å². The van der Waals surface area contributed by atoms with Crippen LogP contribution in [0.25, 0.3) is 0 Å². The Bertz CT molecular complexity index is 664. The minimum absolute atomic E-state index is 0.0560. The van der Waals surface area contributed by atoms with Gasteiger partial charge in [-0.05, 0) is 31.0 Å². The van der Waals surface area contributed by atoms with Crippen LogP contribution in [0.15, 0.2) is 18.2 Å². The van der Waals surface area contributed by atoms with Gasteiger partial charge in [0.1, 0.15) is 11.8 Å². The second kappa shape index (κ2) is 7.53. The zero-order valence-electron chi connectivity index (χ0n) is 13.4. The number of carbonyl (C=O) groups is 3. The molecule has 1 aromatic rings. The molecular weight excluding hydrogens is 336 g/mol. The van der Waals surface area contributed by atoms with Gasteiger partial charge < -0.3 is 20.1 Å². The van der Waals surface area contributed by atoms with Gasteiger partial charge in [0.25, 0.3) is 5.91 Å². The van der Waals surface area contributed by atoms with Crippen LogP contribution in [0.4, 0.5) is 0 Å². The molecule has 2 rings (SSSR count). The summed E-state index contributed by atoms with van der Waals surface area (Å²) in [6, 6.07) is 3.53. The summed E-state index contributed by atoms with van der Waals surface area (Å²) in [6.07, 6.45) is 0.647. The van der Waals surface area contributed by atoms with Gasteiger partial charge in [0.2, 0.25) is 5.91 Å². The molecule has 1 heterocycles. The summed E-state index contributed by atoms with van der Waals surface area (Å²) in [5, 5.41) is 12.3. The number of hydrogen-bond acceptors (Lipinski definition) is 4. The number of carboxylic acids is 1. The smallest absolute Gasteiger partial charge is 0.326 e. The molecule has 1 aliphatic rings. The van der Waals surface area contributed by atoms with Gasteiger partial charge in [-0.2, -0.15) is 0 Å². The number of methoxy groups -OCH3 is 1. The number of halogens is 1. The number of carbonyl (C=O) groups excluding carboxylic acids is 2. The lowest BCUT2D eigenvalue weighted by atomic mass is 9.91. The molecule has 0 radical (unpaired) electrons. The molecule has 8 heteroatoms. The maximum absolute atomic E-state index is 12.8. The fraction of sp³-hybridized carbons (Fsp3) is 0.438. The van der Waals surface area contributed by atoms with Gasteiger partial charge in [0.05, 0.1) is 18.1 Å². The van der Waals surface area contributed by atoms with E-state index in [0.717, 1.165) is 0 Å². The number of nitrogens with one attached hydrogen (secondary N) is 1. The summed E-state index contributed by atoms with van der Waals surface area (Å²) in [7, 11) is 2.94. The fourth-order valence-corrected chi connectivity index (χ4v) is 3.02. The Morgan fingerprint density at radius 2 is 2.04 bits per heavy atom. The summed E-state index contributed by atoms with van der Waals surface area (Å²) in [4.78, 5) is 37.4. The monoisotopic (exact) mass is 354 g/mol. The van der Waals surface area contributed by atoms with E-state index in [2.05, 4.69) is 5.32 Å². The molecule has 1 saturated heterocycles. The highest BCUT2D eigenvalue weighted by atomic mass is 35.5. The first kappa shape index (κ1) is 18.1. The molecule has 1 fully saturated rings. The van der Waals surface area contributed by atoms with Crippen LogP contribution in [0.1, 0.15) is 23.2 Å². The van der Waals surface area contributed by atoms with E-state index in [4.69, 9.17) is 16.3 Å². The molecule has 0 aliphatic carbocycles.